The summed E-state index contributed by atoms with van der Waals surface area (Å²) in [7, 11) is -3.56. The van der Waals surface area contributed by atoms with Gasteiger partial charge in [0.05, 0.1) is 16.1 Å². The molecule has 0 heterocycles. The van der Waals surface area contributed by atoms with Gasteiger partial charge in [0.2, 0.25) is 0 Å². The second-order valence-electron chi connectivity index (χ2n) is 5.76. The Labute approximate surface area is 114 Å². The molecule has 1 N–H and O–H groups in total. The number of hydrogen-bond acceptors (Lipinski definition) is 3. The fourth-order valence-corrected chi connectivity index (χ4v) is 3.60. The van der Waals surface area contributed by atoms with Crippen molar-refractivity contribution >= 4 is 15.8 Å². The molecular formula is C14H20O4S. The number of carboxylic acid groups (broad SMARTS) is 1. The quantitative estimate of drug-likeness (QED) is 0.925. The Morgan fingerprint density at radius 1 is 1.21 bits per heavy atom. The molecular weight excluding hydrogens is 264 g/mol. The van der Waals surface area contributed by atoms with E-state index in [0.717, 1.165) is 5.56 Å². The first-order chi connectivity index (χ1) is 8.46. The van der Waals surface area contributed by atoms with Crippen molar-refractivity contribution in [1.29, 1.82) is 0 Å². The fraction of sp³-hybridized carbons (Fsp3) is 0.500. The third-order valence-electron chi connectivity index (χ3n) is 2.91. The van der Waals surface area contributed by atoms with Crippen molar-refractivity contribution < 1.29 is 18.3 Å². The van der Waals surface area contributed by atoms with Crippen LogP contribution in [0.4, 0.5) is 0 Å². The summed E-state index contributed by atoms with van der Waals surface area (Å²) in [5.74, 6) is -1.03. The van der Waals surface area contributed by atoms with Gasteiger partial charge in [0.25, 0.3) is 0 Å². The number of aliphatic carboxylic acids is 1. The minimum Gasteiger partial charge on any atom is -0.481 e. The van der Waals surface area contributed by atoms with Crippen molar-refractivity contribution in [1.82, 2.24) is 0 Å². The van der Waals surface area contributed by atoms with E-state index >= 15 is 0 Å². The van der Waals surface area contributed by atoms with Crippen LogP contribution in [0.5, 0.6) is 0 Å². The van der Waals surface area contributed by atoms with Crippen LogP contribution in [0.15, 0.2) is 17.0 Å². The Hall–Kier alpha value is -1.36. The topological polar surface area (TPSA) is 71.4 Å². The van der Waals surface area contributed by atoms with Gasteiger partial charge in [-0.25, -0.2) is 8.42 Å². The maximum atomic E-state index is 12.6. The molecule has 0 radical (unpaired) electrons. The molecule has 4 nitrogen and oxygen atoms in total. The van der Waals surface area contributed by atoms with Gasteiger partial charge in [-0.3, -0.25) is 4.79 Å². The molecule has 106 valence electrons. The highest BCUT2D eigenvalue weighted by Gasteiger charge is 2.34. The van der Waals surface area contributed by atoms with Crippen LogP contribution in [0.2, 0.25) is 0 Å². The molecule has 0 aliphatic carbocycles. The van der Waals surface area contributed by atoms with Crippen molar-refractivity contribution in [3.63, 3.8) is 0 Å². The SMILES string of the molecule is Cc1cc(C)c(S(=O)(=O)C(C)(C)C)c(CC(=O)O)c1. The normalized spacial score (nSPS) is 12.5. The van der Waals surface area contributed by atoms with Crippen LogP contribution < -0.4 is 0 Å². The van der Waals surface area contributed by atoms with E-state index in [1.807, 2.05) is 6.92 Å². The van der Waals surface area contributed by atoms with Crippen molar-refractivity contribution in [2.45, 2.75) is 50.7 Å². The summed E-state index contributed by atoms with van der Waals surface area (Å²) < 4.78 is 24.2. The van der Waals surface area contributed by atoms with E-state index in [-0.39, 0.29) is 11.3 Å². The third kappa shape index (κ3) is 3.15. The Balaban J connectivity index is 3.63. The molecule has 1 rings (SSSR count). The number of hydrogen-bond donors (Lipinski definition) is 1. The number of sulfone groups is 1. The zero-order valence-electron chi connectivity index (χ0n) is 11.9. The summed E-state index contributed by atoms with van der Waals surface area (Å²) >= 11 is 0. The lowest BCUT2D eigenvalue weighted by Gasteiger charge is -2.23. The first-order valence-electron chi connectivity index (χ1n) is 6.03. The third-order valence-corrected chi connectivity index (χ3v) is 5.65. The average molecular weight is 284 g/mol. The van der Waals surface area contributed by atoms with E-state index in [4.69, 9.17) is 5.11 Å². The van der Waals surface area contributed by atoms with Crippen LogP contribution in [0.25, 0.3) is 0 Å². The van der Waals surface area contributed by atoms with Gasteiger partial charge in [-0.1, -0.05) is 17.7 Å². The lowest BCUT2D eigenvalue weighted by Crippen LogP contribution is -2.30. The van der Waals surface area contributed by atoms with E-state index in [1.54, 1.807) is 39.8 Å². The second-order valence-corrected chi connectivity index (χ2v) is 8.40. The zero-order chi connectivity index (χ0) is 15.0. The van der Waals surface area contributed by atoms with E-state index < -0.39 is 20.6 Å². The summed E-state index contributed by atoms with van der Waals surface area (Å²) in [4.78, 5) is 11.1. The van der Waals surface area contributed by atoms with Crippen molar-refractivity contribution in [3.05, 3.63) is 28.8 Å². The van der Waals surface area contributed by atoms with E-state index in [1.165, 1.54) is 0 Å². The minimum absolute atomic E-state index is 0.160. The van der Waals surface area contributed by atoms with E-state index in [0.29, 0.717) is 11.1 Å². The Kier molecular flexibility index (Phi) is 4.10. The molecule has 0 aromatic heterocycles. The van der Waals surface area contributed by atoms with E-state index in [2.05, 4.69) is 0 Å². The lowest BCUT2D eigenvalue weighted by atomic mass is 10.0. The number of carbonyl (C=O) groups is 1. The molecule has 1 aromatic rings. The molecule has 5 heteroatoms. The summed E-state index contributed by atoms with van der Waals surface area (Å²) in [6.45, 7) is 8.38. The molecule has 0 aliphatic heterocycles. The number of rotatable bonds is 3. The fourth-order valence-electron chi connectivity index (χ4n) is 2.03. The molecule has 0 spiro atoms. The Morgan fingerprint density at radius 2 is 1.74 bits per heavy atom. The molecule has 0 bridgehead atoms. The number of carboxylic acids is 1. The summed E-state index contributed by atoms with van der Waals surface area (Å²) in [5.41, 5.74) is 1.83. The lowest BCUT2D eigenvalue weighted by molar-refractivity contribution is -0.136. The number of aryl methyl sites for hydroxylation is 2. The highest BCUT2D eigenvalue weighted by Crippen LogP contribution is 2.31. The smallest absolute Gasteiger partial charge is 0.307 e. The standard InChI is InChI=1S/C14H20O4S/c1-9-6-10(2)13(11(7-9)8-12(15)16)19(17,18)14(3,4)5/h6-7H,8H2,1-5H3,(H,15,16). The van der Waals surface area contributed by atoms with Crippen LogP contribution in [-0.4, -0.2) is 24.2 Å². The van der Waals surface area contributed by atoms with Gasteiger partial charge in [-0.2, -0.15) is 0 Å². The highest BCUT2D eigenvalue weighted by atomic mass is 32.2. The molecule has 1 aromatic carbocycles. The molecule has 19 heavy (non-hydrogen) atoms. The van der Waals surface area contributed by atoms with Crippen LogP contribution in [0, 0.1) is 13.8 Å². The monoisotopic (exact) mass is 284 g/mol. The van der Waals surface area contributed by atoms with Gasteiger partial charge >= 0.3 is 5.97 Å². The molecule has 0 aliphatic rings. The largest absolute Gasteiger partial charge is 0.481 e. The molecule has 0 atom stereocenters. The van der Waals surface area contributed by atoms with E-state index in [9.17, 15) is 13.2 Å². The van der Waals surface area contributed by atoms with Gasteiger partial charge < -0.3 is 5.11 Å². The van der Waals surface area contributed by atoms with Gasteiger partial charge in [-0.15, -0.1) is 0 Å². The summed E-state index contributed by atoms with van der Waals surface area (Å²) in [5, 5.41) is 8.95. The van der Waals surface area contributed by atoms with Gasteiger partial charge in [0.1, 0.15) is 0 Å². The molecule has 0 saturated heterocycles. The van der Waals surface area contributed by atoms with Crippen LogP contribution in [0.1, 0.15) is 37.5 Å². The Bertz CT molecular complexity index is 607. The zero-order valence-corrected chi connectivity index (χ0v) is 12.8. The second kappa shape index (κ2) is 4.96. The average Bonchev–Trinajstić information content (AvgIpc) is 2.11. The van der Waals surface area contributed by atoms with Crippen LogP contribution >= 0.6 is 0 Å². The van der Waals surface area contributed by atoms with Crippen LogP contribution in [0.3, 0.4) is 0 Å². The summed E-state index contributed by atoms with van der Waals surface area (Å²) in [6.07, 6.45) is -0.285. The first-order valence-corrected chi connectivity index (χ1v) is 7.51. The summed E-state index contributed by atoms with van der Waals surface area (Å²) in [6, 6.07) is 3.41. The van der Waals surface area contributed by atoms with Gasteiger partial charge in [0, 0.05) is 0 Å². The van der Waals surface area contributed by atoms with Gasteiger partial charge in [0.15, 0.2) is 9.84 Å². The minimum atomic E-state index is -3.56. The molecule has 0 unspecified atom stereocenters. The first kappa shape index (κ1) is 15.7. The predicted octanol–water partition coefficient (Wildman–Crippen LogP) is 2.50. The van der Waals surface area contributed by atoms with Crippen LogP contribution in [-0.2, 0) is 21.1 Å². The van der Waals surface area contributed by atoms with Crippen molar-refractivity contribution in [2.75, 3.05) is 0 Å². The van der Waals surface area contributed by atoms with Crippen molar-refractivity contribution in [2.24, 2.45) is 0 Å². The molecule has 0 saturated carbocycles. The predicted molar refractivity (Wildman–Crippen MR) is 74.2 cm³/mol. The maximum Gasteiger partial charge on any atom is 0.307 e. The number of benzene rings is 1. The highest BCUT2D eigenvalue weighted by molar-refractivity contribution is 7.92. The molecule has 0 fully saturated rings. The maximum absolute atomic E-state index is 12.6. The van der Waals surface area contributed by atoms with Gasteiger partial charge in [-0.05, 0) is 45.7 Å². The molecule has 0 amide bonds. The Morgan fingerprint density at radius 3 is 2.16 bits per heavy atom. The van der Waals surface area contributed by atoms with Crippen molar-refractivity contribution in [3.8, 4) is 0 Å².